The minimum atomic E-state index is -3.72. The highest BCUT2D eigenvalue weighted by Gasteiger charge is 2.33. The Morgan fingerprint density at radius 3 is 2.41 bits per heavy atom. The van der Waals surface area contributed by atoms with Crippen molar-refractivity contribution in [1.82, 2.24) is 9.62 Å². The van der Waals surface area contributed by atoms with Crippen LogP contribution in [0.5, 0.6) is 0 Å². The van der Waals surface area contributed by atoms with Crippen LogP contribution in [0.1, 0.15) is 33.1 Å². The van der Waals surface area contributed by atoms with Crippen LogP contribution < -0.4 is 5.32 Å². The number of rotatable bonds is 7. The molecule has 1 heterocycles. The van der Waals surface area contributed by atoms with Crippen molar-refractivity contribution in [1.29, 1.82) is 0 Å². The lowest BCUT2D eigenvalue weighted by atomic mass is 9.98. The zero-order chi connectivity index (χ0) is 20.0. The first-order valence-corrected chi connectivity index (χ1v) is 10.4. The molecule has 7 nitrogen and oxygen atoms in total. The Morgan fingerprint density at radius 2 is 1.85 bits per heavy atom. The molecule has 1 aliphatic heterocycles. The Hall–Kier alpha value is -2.00. The summed E-state index contributed by atoms with van der Waals surface area (Å²) in [6.45, 7) is 4.27. The van der Waals surface area contributed by atoms with Crippen LogP contribution in [0, 0.1) is 11.7 Å². The second-order valence-corrected chi connectivity index (χ2v) is 8.44. The minimum Gasteiger partial charge on any atom is -0.452 e. The van der Waals surface area contributed by atoms with Crippen molar-refractivity contribution in [2.45, 2.75) is 44.1 Å². The molecule has 0 aliphatic carbocycles. The summed E-state index contributed by atoms with van der Waals surface area (Å²) in [5, 5.41) is 2.66. The first-order chi connectivity index (χ1) is 12.8. The van der Waals surface area contributed by atoms with E-state index in [4.69, 9.17) is 4.74 Å². The molecule has 0 radical (unpaired) electrons. The second-order valence-electron chi connectivity index (χ2n) is 6.50. The molecule has 0 spiro atoms. The highest BCUT2D eigenvalue weighted by Crippen LogP contribution is 2.25. The van der Waals surface area contributed by atoms with Gasteiger partial charge in [-0.25, -0.2) is 12.8 Å². The van der Waals surface area contributed by atoms with Crippen molar-refractivity contribution < 1.29 is 27.1 Å². The Balaban J connectivity index is 1.89. The molecule has 1 aromatic rings. The zero-order valence-electron chi connectivity index (χ0n) is 15.5. The van der Waals surface area contributed by atoms with Crippen LogP contribution in [0.25, 0.3) is 0 Å². The van der Waals surface area contributed by atoms with E-state index in [0.717, 1.165) is 18.6 Å². The molecule has 1 fully saturated rings. The maximum atomic E-state index is 13.0. The molecule has 1 atom stereocenters. The van der Waals surface area contributed by atoms with Gasteiger partial charge in [-0.2, -0.15) is 4.31 Å². The Kier molecular flexibility index (Phi) is 7.32. The van der Waals surface area contributed by atoms with Gasteiger partial charge in [-0.1, -0.05) is 6.92 Å². The molecule has 1 amide bonds. The summed E-state index contributed by atoms with van der Waals surface area (Å²) < 4.78 is 44.6. The van der Waals surface area contributed by atoms with Crippen LogP contribution in [0.3, 0.4) is 0 Å². The van der Waals surface area contributed by atoms with Gasteiger partial charge in [-0.05, 0) is 50.5 Å². The van der Waals surface area contributed by atoms with Gasteiger partial charge in [-0.15, -0.1) is 0 Å². The van der Waals surface area contributed by atoms with E-state index in [1.807, 2.05) is 6.92 Å². The third-order valence-corrected chi connectivity index (χ3v) is 6.36. The van der Waals surface area contributed by atoms with Crippen molar-refractivity contribution in [3.63, 3.8) is 0 Å². The molecule has 1 N–H and O–H groups in total. The van der Waals surface area contributed by atoms with Crippen molar-refractivity contribution in [2.24, 2.45) is 5.92 Å². The van der Waals surface area contributed by atoms with E-state index in [1.165, 1.54) is 23.4 Å². The SMILES string of the molecule is CCCNC(=O)[C@@H](C)OC(=O)C1CCN(S(=O)(=O)c2ccc(F)cc2)CC1. The van der Waals surface area contributed by atoms with Gasteiger partial charge in [-0.3, -0.25) is 9.59 Å². The van der Waals surface area contributed by atoms with Crippen molar-refractivity contribution in [2.75, 3.05) is 19.6 Å². The number of esters is 1. The van der Waals surface area contributed by atoms with E-state index >= 15 is 0 Å². The van der Waals surface area contributed by atoms with Crippen molar-refractivity contribution in [3.8, 4) is 0 Å². The third kappa shape index (κ3) is 5.49. The molecule has 2 rings (SSSR count). The molecular formula is C18H25FN2O5S. The summed E-state index contributed by atoms with van der Waals surface area (Å²) in [5.41, 5.74) is 0. The quantitative estimate of drug-likeness (QED) is 0.703. The van der Waals surface area contributed by atoms with Crippen LogP contribution in [-0.2, 0) is 24.3 Å². The van der Waals surface area contributed by atoms with Crippen LogP contribution in [-0.4, -0.2) is 50.3 Å². The number of benzene rings is 1. The number of halogens is 1. The number of nitrogens with one attached hydrogen (secondary N) is 1. The average Bonchev–Trinajstić information content (AvgIpc) is 2.66. The van der Waals surface area contributed by atoms with Gasteiger partial charge in [0.15, 0.2) is 6.10 Å². The lowest BCUT2D eigenvalue weighted by Crippen LogP contribution is -2.42. The van der Waals surface area contributed by atoms with Crippen LogP contribution in [0.4, 0.5) is 4.39 Å². The number of hydrogen-bond donors (Lipinski definition) is 1. The van der Waals surface area contributed by atoms with E-state index in [-0.39, 0.29) is 23.9 Å². The van der Waals surface area contributed by atoms with Gasteiger partial charge in [0.25, 0.3) is 5.91 Å². The van der Waals surface area contributed by atoms with E-state index < -0.39 is 33.8 Å². The van der Waals surface area contributed by atoms with Gasteiger partial charge in [0.2, 0.25) is 10.0 Å². The molecule has 0 bridgehead atoms. The largest absolute Gasteiger partial charge is 0.452 e. The highest BCUT2D eigenvalue weighted by molar-refractivity contribution is 7.89. The summed E-state index contributed by atoms with van der Waals surface area (Å²) in [6.07, 6.45) is 0.517. The highest BCUT2D eigenvalue weighted by atomic mass is 32.2. The fourth-order valence-corrected chi connectivity index (χ4v) is 4.27. The molecule has 1 saturated heterocycles. The van der Waals surface area contributed by atoms with E-state index in [0.29, 0.717) is 19.4 Å². The summed E-state index contributed by atoms with van der Waals surface area (Å²) in [5.74, 6) is -1.80. The number of carbonyl (C=O) groups is 2. The molecule has 27 heavy (non-hydrogen) atoms. The van der Waals surface area contributed by atoms with Gasteiger partial charge in [0.05, 0.1) is 10.8 Å². The molecule has 0 aromatic heterocycles. The van der Waals surface area contributed by atoms with Crippen molar-refractivity contribution in [3.05, 3.63) is 30.1 Å². The zero-order valence-corrected chi connectivity index (χ0v) is 16.3. The molecule has 1 aromatic carbocycles. The monoisotopic (exact) mass is 400 g/mol. The van der Waals surface area contributed by atoms with Gasteiger partial charge in [0, 0.05) is 19.6 Å². The lowest BCUT2D eigenvalue weighted by molar-refractivity contribution is -0.159. The van der Waals surface area contributed by atoms with Crippen LogP contribution in [0.2, 0.25) is 0 Å². The summed E-state index contributed by atoms with van der Waals surface area (Å²) in [4.78, 5) is 24.0. The number of ether oxygens (including phenoxy) is 1. The standard InChI is InChI=1S/C18H25FN2O5S/c1-3-10-20-17(22)13(2)26-18(23)14-8-11-21(12-9-14)27(24,25)16-6-4-15(19)5-7-16/h4-7,13-14H,3,8-12H2,1-2H3,(H,20,22)/t13-/m1/s1. The van der Waals surface area contributed by atoms with E-state index in [2.05, 4.69) is 5.32 Å². The van der Waals surface area contributed by atoms with Crippen LogP contribution >= 0.6 is 0 Å². The smallest absolute Gasteiger partial charge is 0.309 e. The van der Waals surface area contributed by atoms with Gasteiger partial charge >= 0.3 is 5.97 Å². The molecule has 0 unspecified atom stereocenters. The average molecular weight is 400 g/mol. The minimum absolute atomic E-state index is 0.0196. The van der Waals surface area contributed by atoms with Gasteiger partial charge in [0.1, 0.15) is 5.82 Å². The maximum Gasteiger partial charge on any atom is 0.309 e. The fourth-order valence-electron chi connectivity index (χ4n) is 2.80. The maximum absolute atomic E-state index is 13.0. The first-order valence-electron chi connectivity index (χ1n) is 8.99. The number of piperidine rings is 1. The van der Waals surface area contributed by atoms with Gasteiger partial charge < -0.3 is 10.1 Å². The summed E-state index contributed by atoms with van der Waals surface area (Å²) in [6, 6.07) is 4.65. The Bertz CT molecular complexity index is 758. The fraction of sp³-hybridized carbons (Fsp3) is 0.556. The topological polar surface area (TPSA) is 92.8 Å². The normalized spacial score (nSPS) is 17.3. The third-order valence-electron chi connectivity index (χ3n) is 4.45. The first kappa shape index (κ1) is 21.3. The Morgan fingerprint density at radius 1 is 1.26 bits per heavy atom. The molecule has 0 saturated carbocycles. The summed E-state index contributed by atoms with van der Waals surface area (Å²) in [7, 11) is -3.72. The predicted molar refractivity (Wildman–Crippen MR) is 96.7 cm³/mol. The number of carbonyl (C=O) groups excluding carboxylic acids is 2. The van der Waals surface area contributed by atoms with E-state index in [1.54, 1.807) is 0 Å². The molecular weight excluding hydrogens is 375 g/mol. The molecule has 9 heteroatoms. The predicted octanol–water partition coefficient (Wildman–Crippen LogP) is 1.68. The molecule has 1 aliphatic rings. The number of amides is 1. The van der Waals surface area contributed by atoms with E-state index in [9.17, 15) is 22.4 Å². The lowest BCUT2D eigenvalue weighted by Gasteiger charge is -2.30. The summed E-state index contributed by atoms with van der Waals surface area (Å²) >= 11 is 0. The second kappa shape index (κ2) is 9.27. The number of hydrogen-bond acceptors (Lipinski definition) is 5. The van der Waals surface area contributed by atoms with Crippen LogP contribution in [0.15, 0.2) is 29.2 Å². The Labute approximate surface area is 158 Å². The number of sulfonamides is 1. The number of nitrogens with zero attached hydrogens (tertiary/aromatic N) is 1. The molecule has 150 valence electrons. The van der Waals surface area contributed by atoms with Crippen molar-refractivity contribution >= 4 is 21.9 Å².